The molecule has 0 heterocycles. The number of aliphatic hydroxyl groups is 1. The van der Waals surface area contributed by atoms with Crippen LogP contribution in [0.1, 0.15) is 30.9 Å². The molecule has 5 nitrogen and oxygen atoms in total. The van der Waals surface area contributed by atoms with Crippen molar-refractivity contribution >= 4 is 5.96 Å². The van der Waals surface area contributed by atoms with Crippen molar-refractivity contribution in [2.45, 2.75) is 32.5 Å². The number of hydrogen-bond acceptors (Lipinski definition) is 3. The Morgan fingerprint density at radius 3 is 2.37 bits per heavy atom. The number of rotatable bonds is 10. The first kappa shape index (κ1) is 20.9. The minimum absolute atomic E-state index is 0.262. The summed E-state index contributed by atoms with van der Waals surface area (Å²) in [5.74, 6) is 1.08. The SMILES string of the molecule is CCNC(=NCC(O)COCc1ccccc1)NCC(C)c1ccccc1. The molecule has 0 saturated carbocycles. The summed E-state index contributed by atoms with van der Waals surface area (Å²) in [7, 11) is 0. The number of nitrogens with zero attached hydrogens (tertiary/aromatic N) is 1. The maximum atomic E-state index is 10.1. The highest BCUT2D eigenvalue weighted by Gasteiger charge is 2.08. The highest BCUT2D eigenvalue weighted by atomic mass is 16.5. The topological polar surface area (TPSA) is 65.9 Å². The van der Waals surface area contributed by atoms with Gasteiger partial charge in [-0.1, -0.05) is 67.6 Å². The molecule has 0 bridgehead atoms. The first-order chi connectivity index (χ1) is 13.2. The van der Waals surface area contributed by atoms with E-state index in [2.05, 4.69) is 46.8 Å². The van der Waals surface area contributed by atoms with Gasteiger partial charge < -0.3 is 20.5 Å². The molecule has 2 aromatic carbocycles. The smallest absolute Gasteiger partial charge is 0.191 e. The summed E-state index contributed by atoms with van der Waals surface area (Å²) < 4.78 is 5.57. The van der Waals surface area contributed by atoms with Crippen molar-refractivity contribution in [2.75, 3.05) is 26.2 Å². The van der Waals surface area contributed by atoms with Crippen molar-refractivity contribution in [3.05, 3.63) is 71.8 Å². The molecule has 5 heteroatoms. The van der Waals surface area contributed by atoms with Crippen LogP contribution in [-0.2, 0) is 11.3 Å². The van der Waals surface area contributed by atoms with E-state index in [4.69, 9.17) is 4.74 Å². The van der Waals surface area contributed by atoms with Crippen LogP contribution in [0.15, 0.2) is 65.7 Å². The number of benzene rings is 2. The van der Waals surface area contributed by atoms with E-state index in [-0.39, 0.29) is 6.61 Å². The Hall–Kier alpha value is -2.37. The van der Waals surface area contributed by atoms with Crippen molar-refractivity contribution in [1.82, 2.24) is 10.6 Å². The number of aliphatic hydroxyl groups excluding tert-OH is 1. The van der Waals surface area contributed by atoms with Crippen LogP contribution >= 0.6 is 0 Å². The van der Waals surface area contributed by atoms with E-state index in [9.17, 15) is 5.11 Å². The number of hydrogen-bond donors (Lipinski definition) is 3. The summed E-state index contributed by atoms with van der Waals surface area (Å²) in [4.78, 5) is 4.47. The molecular weight excluding hydrogens is 338 g/mol. The van der Waals surface area contributed by atoms with Crippen molar-refractivity contribution in [3.63, 3.8) is 0 Å². The average Bonchev–Trinajstić information content (AvgIpc) is 2.71. The molecule has 0 aromatic heterocycles. The first-order valence-corrected chi connectivity index (χ1v) is 9.56. The molecule has 0 saturated heterocycles. The standard InChI is InChI=1S/C22H31N3O2/c1-3-23-22(24-14-18(2)20-12-8-5-9-13-20)25-15-21(26)17-27-16-19-10-6-4-7-11-19/h4-13,18,21,26H,3,14-17H2,1-2H3,(H2,23,24,25). The Morgan fingerprint density at radius 2 is 1.70 bits per heavy atom. The number of ether oxygens (including phenoxy) is 1. The fourth-order valence-electron chi connectivity index (χ4n) is 2.63. The predicted octanol–water partition coefficient (Wildman–Crippen LogP) is 2.92. The predicted molar refractivity (Wildman–Crippen MR) is 111 cm³/mol. The second kappa shape index (κ2) is 12.1. The van der Waals surface area contributed by atoms with Crippen LogP contribution in [0.5, 0.6) is 0 Å². The molecule has 0 aliphatic rings. The Balaban J connectivity index is 1.74. The van der Waals surface area contributed by atoms with Crippen LogP contribution in [0.2, 0.25) is 0 Å². The van der Waals surface area contributed by atoms with Gasteiger partial charge in [0.15, 0.2) is 5.96 Å². The van der Waals surface area contributed by atoms with Crippen LogP contribution in [0.4, 0.5) is 0 Å². The zero-order valence-corrected chi connectivity index (χ0v) is 16.3. The van der Waals surface area contributed by atoms with Gasteiger partial charge in [0.1, 0.15) is 0 Å². The van der Waals surface area contributed by atoms with E-state index in [0.29, 0.717) is 25.0 Å². The third kappa shape index (κ3) is 8.24. The summed E-state index contributed by atoms with van der Waals surface area (Å²) in [6.07, 6.45) is -0.629. The molecule has 2 aromatic rings. The summed E-state index contributed by atoms with van der Waals surface area (Å²) in [6.45, 7) is 6.80. The average molecular weight is 370 g/mol. The van der Waals surface area contributed by atoms with E-state index in [0.717, 1.165) is 18.7 Å². The van der Waals surface area contributed by atoms with E-state index in [1.165, 1.54) is 5.56 Å². The molecule has 0 fully saturated rings. The highest BCUT2D eigenvalue weighted by molar-refractivity contribution is 5.79. The lowest BCUT2D eigenvalue weighted by molar-refractivity contribution is 0.0331. The summed E-state index contributed by atoms with van der Waals surface area (Å²) in [5.41, 5.74) is 2.38. The monoisotopic (exact) mass is 369 g/mol. The minimum atomic E-state index is -0.629. The number of guanidine groups is 1. The maximum absolute atomic E-state index is 10.1. The van der Waals surface area contributed by atoms with E-state index in [1.807, 2.05) is 43.3 Å². The normalized spacial score (nSPS) is 13.8. The molecule has 0 amide bonds. The van der Waals surface area contributed by atoms with Crippen LogP contribution in [0.3, 0.4) is 0 Å². The van der Waals surface area contributed by atoms with E-state index >= 15 is 0 Å². The largest absolute Gasteiger partial charge is 0.389 e. The number of aliphatic imine (C=N–C) groups is 1. The molecule has 0 aliphatic heterocycles. The lowest BCUT2D eigenvalue weighted by Gasteiger charge is -2.17. The fourth-order valence-corrected chi connectivity index (χ4v) is 2.63. The lowest BCUT2D eigenvalue weighted by Crippen LogP contribution is -2.39. The van der Waals surface area contributed by atoms with Gasteiger partial charge in [0.25, 0.3) is 0 Å². The van der Waals surface area contributed by atoms with E-state index in [1.54, 1.807) is 0 Å². The lowest BCUT2D eigenvalue weighted by atomic mass is 10.0. The molecule has 27 heavy (non-hydrogen) atoms. The zero-order chi connectivity index (χ0) is 19.3. The minimum Gasteiger partial charge on any atom is -0.389 e. The summed E-state index contributed by atoms with van der Waals surface area (Å²) in [6, 6.07) is 20.3. The third-order valence-electron chi connectivity index (χ3n) is 4.17. The molecule has 2 unspecified atom stereocenters. The van der Waals surface area contributed by atoms with Gasteiger partial charge in [-0.3, -0.25) is 4.99 Å². The maximum Gasteiger partial charge on any atom is 0.191 e. The van der Waals surface area contributed by atoms with Crippen LogP contribution in [0, 0.1) is 0 Å². The molecule has 146 valence electrons. The van der Waals surface area contributed by atoms with Crippen molar-refractivity contribution in [3.8, 4) is 0 Å². The quantitative estimate of drug-likeness (QED) is 0.445. The van der Waals surface area contributed by atoms with Crippen LogP contribution in [-0.4, -0.2) is 43.4 Å². The Labute approximate surface area is 162 Å². The van der Waals surface area contributed by atoms with Crippen molar-refractivity contribution < 1.29 is 9.84 Å². The summed E-state index contributed by atoms with van der Waals surface area (Å²) >= 11 is 0. The number of nitrogens with one attached hydrogen (secondary N) is 2. The second-order valence-electron chi connectivity index (χ2n) is 6.57. The molecule has 2 atom stereocenters. The van der Waals surface area contributed by atoms with Gasteiger partial charge >= 0.3 is 0 Å². The highest BCUT2D eigenvalue weighted by Crippen LogP contribution is 2.12. The van der Waals surface area contributed by atoms with Gasteiger partial charge in [-0.15, -0.1) is 0 Å². The van der Waals surface area contributed by atoms with Gasteiger partial charge in [-0.25, -0.2) is 0 Å². The van der Waals surface area contributed by atoms with Gasteiger partial charge in [0.2, 0.25) is 0 Å². The van der Waals surface area contributed by atoms with Gasteiger partial charge in [0, 0.05) is 13.1 Å². The Bertz CT molecular complexity index is 662. The van der Waals surface area contributed by atoms with Crippen molar-refractivity contribution in [1.29, 1.82) is 0 Å². The van der Waals surface area contributed by atoms with Gasteiger partial charge in [-0.05, 0) is 24.0 Å². The molecule has 0 spiro atoms. The third-order valence-corrected chi connectivity index (χ3v) is 4.17. The van der Waals surface area contributed by atoms with Crippen molar-refractivity contribution in [2.24, 2.45) is 4.99 Å². The zero-order valence-electron chi connectivity index (χ0n) is 16.3. The van der Waals surface area contributed by atoms with E-state index < -0.39 is 6.10 Å². The Kier molecular flexibility index (Phi) is 9.38. The van der Waals surface area contributed by atoms with Crippen LogP contribution in [0.25, 0.3) is 0 Å². The van der Waals surface area contributed by atoms with Gasteiger partial charge in [-0.2, -0.15) is 0 Å². The summed E-state index contributed by atoms with van der Waals surface area (Å²) in [5, 5.41) is 16.7. The fraction of sp³-hybridized carbons (Fsp3) is 0.409. The Morgan fingerprint density at radius 1 is 1.04 bits per heavy atom. The molecule has 3 N–H and O–H groups in total. The first-order valence-electron chi connectivity index (χ1n) is 9.56. The molecule has 0 radical (unpaired) electrons. The molecule has 2 rings (SSSR count). The molecular formula is C22H31N3O2. The molecule has 0 aliphatic carbocycles. The van der Waals surface area contributed by atoms with Crippen LogP contribution < -0.4 is 10.6 Å². The van der Waals surface area contributed by atoms with Gasteiger partial charge in [0.05, 0.1) is 25.9 Å². The second-order valence-corrected chi connectivity index (χ2v) is 6.57.